The van der Waals surface area contributed by atoms with Crippen molar-refractivity contribution in [2.45, 2.75) is 32.2 Å². The Morgan fingerprint density at radius 1 is 1.03 bits per heavy atom. The number of hydrogen-bond acceptors (Lipinski definition) is 6. The third-order valence-electron chi connectivity index (χ3n) is 6.09. The molecular formula is C25H26N6O2. The molecule has 8 heteroatoms. The van der Waals surface area contributed by atoms with Crippen molar-refractivity contribution >= 4 is 22.8 Å². The number of likely N-dealkylation sites (tertiary alicyclic amines) is 1. The fourth-order valence-electron chi connectivity index (χ4n) is 4.34. The number of para-hydroxylation sites is 1. The molecule has 0 radical (unpaired) electrons. The average Bonchev–Trinajstić information content (AvgIpc) is 3.26. The molecule has 1 saturated heterocycles. The second kappa shape index (κ2) is 8.90. The van der Waals surface area contributed by atoms with Crippen LogP contribution < -0.4 is 10.5 Å². The first-order valence-corrected chi connectivity index (χ1v) is 11.2. The van der Waals surface area contributed by atoms with Gasteiger partial charge in [0.05, 0.1) is 11.4 Å². The first-order valence-electron chi connectivity index (χ1n) is 11.2. The van der Waals surface area contributed by atoms with Gasteiger partial charge in [-0.2, -0.15) is 5.10 Å². The van der Waals surface area contributed by atoms with Crippen molar-refractivity contribution < 1.29 is 9.53 Å². The predicted octanol–water partition coefficient (Wildman–Crippen LogP) is 4.44. The van der Waals surface area contributed by atoms with Crippen LogP contribution in [0, 0.1) is 0 Å². The lowest BCUT2D eigenvalue weighted by atomic mass is 10.0. The van der Waals surface area contributed by atoms with Crippen LogP contribution in [0.3, 0.4) is 0 Å². The van der Waals surface area contributed by atoms with E-state index in [1.54, 1.807) is 0 Å². The molecular weight excluding hydrogens is 416 g/mol. The number of anilines is 1. The van der Waals surface area contributed by atoms with Crippen LogP contribution in [0.4, 0.5) is 5.82 Å². The lowest BCUT2D eigenvalue weighted by molar-refractivity contribution is -0.132. The summed E-state index contributed by atoms with van der Waals surface area (Å²) in [6.45, 7) is 3.35. The van der Waals surface area contributed by atoms with Gasteiger partial charge in [0.2, 0.25) is 5.91 Å². The molecule has 168 valence electrons. The zero-order chi connectivity index (χ0) is 22.8. The molecule has 0 unspecified atom stereocenters. The Hall–Kier alpha value is -3.94. The Balaban J connectivity index is 1.45. The molecule has 33 heavy (non-hydrogen) atoms. The van der Waals surface area contributed by atoms with Crippen LogP contribution in [0.1, 0.15) is 32.2 Å². The van der Waals surface area contributed by atoms with Crippen molar-refractivity contribution in [1.82, 2.24) is 24.6 Å². The molecule has 2 N–H and O–H groups in total. The fraction of sp³-hybridized carbons (Fsp3) is 0.280. The van der Waals surface area contributed by atoms with Crippen molar-refractivity contribution in [2.24, 2.45) is 0 Å². The van der Waals surface area contributed by atoms with Gasteiger partial charge < -0.3 is 15.4 Å². The van der Waals surface area contributed by atoms with E-state index in [9.17, 15) is 4.79 Å². The van der Waals surface area contributed by atoms with Crippen molar-refractivity contribution in [3.8, 4) is 22.8 Å². The van der Waals surface area contributed by atoms with E-state index in [-0.39, 0.29) is 11.9 Å². The summed E-state index contributed by atoms with van der Waals surface area (Å²) < 4.78 is 7.88. The van der Waals surface area contributed by atoms with Gasteiger partial charge in [-0.1, -0.05) is 25.1 Å². The van der Waals surface area contributed by atoms with Crippen LogP contribution in [0.5, 0.6) is 11.5 Å². The number of aromatic nitrogens is 4. The summed E-state index contributed by atoms with van der Waals surface area (Å²) in [5, 5.41) is 5.69. The first-order chi connectivity index (χ1) is 16.1. The zero-order valence-corrected chi connectivity index (χ0v) is 18.5. The van der Waals surface area contributed by atoms with E-state index in [1.807, 2.05) is 71.1 Å². The highest BCUT2D eigenvalue weighted by Gasteiger charge is 2.27. The topological polar surface area (TPSA) is 99.2 Å². The Morgan fingerprint density at radius 2 is 1.73 bits per heavy atom. The highest BCUT2D eigenvalue weighted by atomic mass is 16.5. The average molecular weight is 443 g/mol. The van der Waals surface area contributed by atoms with Gasteiger partial charge in [0.1, 0.15) is 29.3 Å². The summed E-state index contributed by atoms with van der Waals surface area (Å²) in [7, 11) is 0. The Labute approximate surface area is 192 Å². The largest absolute Gasteiger partial charge is 0.457 e. The van der Waals surface area contributed by atoms with Gasteiger partial charge in [0.25, 0.3) is 0 Å². The van der Waals surface area contributed by atoms with Crippen LogP contribution in [-0.4, -0.2) is 43.6 Å². The molecule has 0 bridgehead atoms. The number of fused-ring (bicyclic) bond motifs is 1. The summed E-state index contributed by atoms with van der Waals surface area (Å²) in [5.41, 5.74) is 8.66. The van der Waals surface area contributed by atoms with Crippen molar-refractivity contribution in [1.29, 1.82) is 0 Å². The number of amides is 1. The monoisotopic (exact) mass is 442 g/mol. The Morgan fingerprint density at radius 3 is 2.42 bits per heavy atom. The molecule has 5 rings (SSSR count). The molecule has 2 aromatic carbocycles. The second-order valence-corrected chi connectivity index (χ2v) is 8.16. The fourth-order valence-corrected chi connectivity index (χ4v) is 4.34. The van der Waals surface area contributed by atoms with E-state index in [4.69, 9.17) is 15.6 Å². The molecule has 8 nitrogen and oxygen atoms in total. The van der Waals surface area contributed by atoms with Gasteiger partial charge in [0.15, 0.2) is 5.65 Å². The molecule has 4 aromatic rings. The number of carbonyl (C=O) groups is 1. The van der Waals surface area contributed by atoms with Crippen LogP contribution in [0.2, 0.25) is 0 Å². The van der Waals surface area contributed by atoms with Gasteiger partial charge in [-0.15, -0.1) is 0 Å². The highest BCUT2D eigenvalue weighted by molar-refractivity contribution is 5.98. The molecule has 0 atom stereocenters. The lowest BCUT2D eigenvalue weighted by Crippen LogP contribution is -2.38. The van der Waals surface area contributed by atoms with Crippen LogP contribution in [0.15, 0.2) is 60.9 Å². The predicted molar refractivity (Wildman–Crippen MR) is 127 cm³/mol. The van der Waals surface area contributed by atoms with Gasteiger partial charge in [-0.05, 0) is 49.2 Å². The summed E-state index contributed by atoms with van der Waals surface area (Å²) in [5.74, 6) is 2.13. The Kier molecular flexibility index (Phi) is 5.64. The highest BCUT2D eigenvalue weighted by Crippen LogP contribution is 2.35. The molecule has 1 aliphatic heterocycles. The summed E-state index contributed by atoms with van der Waals surface area (Å²) >= 11 is 0. The number of benzene rings is 2. The number of ether oxygens (including phenoxy) is 1. The van der Waals surface area contributed by atoms with Gasteiger partial charge in [0, 0.05) is 25.1 Å². The van der Waals surface area contributed by atoms with Gasteiger partial charge >= 0.3 is 0 Å². The summed E-state index contributed by atoms with van der Waals surface area (Å²) in [4.78, 5) is 22.7. The molecule has 1 aliphatic rings. The molecule has 1 amide bonds. The van der Waals surface area contributed by atoms with E-state index in [1.165, 1.54) is 6.33 Å². The van der Waals surface area contributed by atoms with E-state index < -0.39 is 0 Å². The van der Waals surface area contributed by atoms with Crippen LogP contribution in [-0.2, 0) is 4.79 Å². The number of piperidine rings is 1. The van der Waals surface area contributed by atoms with Crippen molar-refractivity contribution in [3.63, 3.8) is 0 Å². The number of nitrogen functional groups attached to an aromatic ring is 1. The molecule has 0 spiro atoms. The molecule has 1 fully saturated rings. The number of nitrogens with two attached hydrogens (primary N) is 1. The van der Waals surface area contributed by atoms with E-state index in [0.29, 0.717) is 12.2 Å². The number of nitrogens with zero attached hydrogens (tertiary/aromatic N) is 5. The van der Waals surface area contributed by atoms with Crippen molar-refractivity contribution in [2.75, 3.05) is 18.8 Å². The van der Waals surface area contributed by atoms with E-state index in [2.05, 4.69) is 9.97 Å². The molecule has 0 saturated carbocycles. The van der Waals surface area contributed by atoms with Gasteiger partial charge in [-0.3, -0.25) is 4.79 Å². The minimum Gasteiger partial charge on any atom is -0.457 e. The number of rotatable bonds is 5. The van der Waals surface area contributed by atoms with E-state index >= 15 is 0 Å². The maximum atomic E-state index is 12.1. The first kappa shape index (κ1) is 20.9. The molecule has 0 aliphatic carbocycles. The smallest absolute Gasteiger partial charge is 0.222 e. The minimum absolute atomic E-state index is 0.150. The maximum absolute atomic E-state index is 12.1. The minimum atomic E-state index is 0.150. The normalized spacial score (nSPS) is 14.5. The standard InChI is InChI=1S/C25H26N6O2/c1-2-21(32)30-14-12-18(13-15-30)31-25-22(24(26)27-16-28-25)23(29-31)17-8-10-20(11-9-17)33-19-6-4-3-5-7-19/h3-11,16,18H,2,12-15H2,1H3,(H2,26,27,28). The molecule has 3 heterocycles. The zero-order valence-electron chi connectivity index (χ0n) is 18.5. The summed E-state index contributed by atoms with van der Waals surface area (Å²) in [6, 6.07) is 17.6. The quantitative estimate of drug-likeness (QED) is 0.490. The second-order valence-electron chi connectivity index (χ2n) is 8.16. The molecule has 2 aromatic heterocycles. The third-order valence-corrected chi connectivity index (χ3v) is 6.09. The SMILES string of the molecule is CCC(=O)N1CCC(n2nc(-c3ccc(Oc4ccccc4)cc3)c3c(N)ncnc32)CC1. The van der Waals surface area contributed by atoms with E-state index in [0.717, 1.165) is 59.7 Å². The van der Waals surface area contributed by atoms with Crippen LogP contribution in [0.25, 0.3) is 22.3 Å². The number of carbonyl (C=O) groups excluding carboxylic acids is 1. The van der Waals surface area contributed by atoms with Crippen LogP contribution >= 0.6 is 0 Å². The third kappa shape index (κ3) is 4.11. The van der Waals surface area contributed by atoms with Crippen molar-refractivity contribution in [3.05, 3.63) is 60.9 Å². The summed E-state index contributed by atoms with van der Waals surface area (Å²) in [6.07, 6.45) is 3.67. The lowest BCUT2D eigenvalue weighted by Gasteiger charge is -2.32. The number of hydrogen-bond donors (Lipinski definition) is 1. The Bertz CT molecular complexity index is 1260. The van der Waals surface area contributed by atoms with Gasteiger partial charge in [-0.25, -0.2) is 14.6 Å². The maximum Gasteiger partial charge on any atom is 0.222 e.